The van der Waals surface area contributed by atoms with Gasteiger partial charge in [-0.05, 0) is 19.4 Å². The number of alkyl halides is 1. The zero-order valence-electron chi connectivity index (χ0n) is 14.6. The number of allylic oxidation sites excluding steroid dienone is 2. The molecule has 0 aromatic heterocycles. The molecule has 1 atom stereocenters. The Labute approximate surface area is 157 Å². The lowest BCUT2D eigenvalue weighted by Crippen LogP contribution is -2.24. The van der Waals surface area contributed by atoms with Gasteiger partial charge in [0, 0.05) is 0 Å². The van der Waals surface area contributed by atoms with E-state index in [1.165, 1.54) is 6.40 Å². The summed E-state index contributed by atoms with van der Waals surface area (Å²) in [6.45, 7) is 4.13. The largest absolute Gasteiger partial charge is 0.483 e. The number of halogens is 1. The lowest BCUT2D eigenvalue weighted by Gasteiger charge is -2.27. The van der Waals surface area contributed by atoms with Gasteiger partial charge in [-0.25, -0.2) is 4.79 Å². The number of esters is 1. The zero-order valence-corrected chi connectivity index (χ0v) is 15.3. The fourth-order valence-electron chi connectivity index (χ4n) is 2.54. The summed E-state index contributed by atoms with van der Waals surface area (Å²) in [5, 5.41) is 9.73. The van der Waals surface area contributed by atoms with Gasteiger partial charge in [-0.1, -0.05) is 30.3 Å². The minimum Gasteiger partial charge on any atom is -0.483 e. The van der Waals surface area contributed by atoms with Crippen LogP contribution in [0.2, 0.25) is 0 Å². The highest BCUT2D eigenvalue weighted by Gasteiger charge is 2.37. The van der Waals surface area contributed by atoms with Crippen molar-refractivity contribution in [1.82, 2.24) is 0 Å². The van der Waals surface area contributed by atoms with Crippen molar-refractivity contribution >= 4 is 24.0 Å². The molecule has 2 rings (SSSR count). The van der Waals surface area contributed by atoms with Crippen LogP contribution in [0.15, 0.2) is 58.1 Å². The van der Waals surface area contributed by atoms with E-state index >= 15 is 0 Å². The highest BCUT2D eigenvalue weighted by atomic mass is 35.5. The fourth-order valence-corrected chi connectivity index (χ4v) is 2.74. The minimum absolute atomic E-state index is 0.0542. The number of rotatable bonds is 7. The van der Waals surface area contributed by atoms with E-state index in [9.17, 15) is 10.1 Å². The molecule has 1 aliphatic rings. The first-order valence-corrected chi connectivity index (χ1v) is 8.68. The van der Waals surface area contributed by atoms with Crippen LogP contribution in [0.25, 0.3) is 0 Å². The Bertz CT molecular complexity index is 778. The smallest absolute Gasteiger partial charge is 0.338 e. The molecule has 0 radical (unpaired) electrons. The number of benzene rings is 1. The Hall–Kier alpha value is -2.78. The molecule has 1 aliphatic heterocycles. The number of nitriles is 1. The summed E-state index contributed by atoms with van der Waals surface area (Å²) in [4.78, 5) is 16.6. The first-order valence-electron chi connectivity index (χ1n) is 8.15. The molecule has 7 heteroatoms. The van der Waals surface area contributed by atoms with Gasteiger partial charge in [0.25, 0.3) is 0 Å². The highest BCUT2D eigenvalue weighted by molar-refractivity contribution is 6.19. The number of nitrogens with zero attached hydrogens (tertiary/aromatic N) is 2. The first-order chi connectivity index (χ1) is 12.7. The first kappa shape index (κ1) is 19.5. The van der Waals surface area contributed by atoms with E-state index in [-0.39, 0.29) is 35.3 Å². The van der Waals surface area contributed by atoms with Crippen molar-refractivity contribution in [3.8, 4) is 6.07 Å². The molecule has 6 nitrogen and oxygen atoms in total. The van der Waals surface area contributed by atoms with E-state index in [1.54, 1.807) is 6.92 Å². The monoisotopic (exact) mass is 374 g/mol. The van der Waals surface area contributed by atoms with E-state index < -0.39 is 11.9 Å². The van der Waals surface area contributed by atoms with Crippen LogP contribution in [0, 0.1) is 11.3 Å². The molecular formula is C19H19ClN2O4. The van der Waals surface area contributed by atoms with Gasteiger partial charge in [0.1, 0.15) is 17.4 Å². The van der Waals surface area contributed by atoms with Gasteiger partial charge in [-0.2, -0.15) is 10.3 Å². The summed E-state index contributed by atoms with van der Waals surface area (Å²) >= 11 is 6.01. The summed E-state index contributed by atoms with van der Waals surface area (Å²) in [6, 6.07) is 11.2. The summed E-state index contributed by atoms with van der Waals surface area (Å²) in [6.07, 6.45) is 1.20. The second kappa shape index (κ2) is 9.64. The quantitative estimate of drug-likeness (QED) is 0.315. The molecular weight excluding hydrogens is 356 g/mol. The third-order valence-electron chi connectivity index (χ3n) is 3.61. The van der Waals surface area contributed by atoms with Crippen molar-refractivity contribution in [3.05, 3.63) is 58.7 Å². The molecule has 0 spiro atoms. The van der Waals surface area contributed by atoms with Gasteiger partial charge in [0.15, 0.2) is 6.40 Å². The van der Waals surface area contributed by atoms with Crippen molar-refractivity contribution < 1.29 is 19.0 Å². The van der Waals surface area contributed by atoms with Gasteiger partial charge >= 0.3 is 5.97 Å². The number of carbonyl (C=O) groups is 1. The zero-order chi connectivity index (χ0) is 18.9. The molecule has 1 aromatic rings. The summed E-state index contributed by atoms with van der Waals surface area (Å²) in [5.41, 5.74) is 1.13. The topological polar surface area (TPSA) is 80.9 Å². The number of aliphatic imine (C=N–C) groups is 1. The maximum Gasteiger partial charge on any atom is 0.338 e. The van der Waals surface area contributed by atoms with Crippen LogP contribution in [0.3, 0.4) is 0 Å². The maximum absolute atomic E-state index is 12.6. The van der Waals surface area contributed by atoms with Gasteiger partial charge in [0.05, 0.1) is 30.6 Å². The molecule has 0 fully saturated rings. The van der Waals surface area contributed by atoms with Crippen LogP contribution in [-0.2, 0) is 19.0 Å². The maximum atomic E-state index is 12.6. The lowest BCUT2D eigenvalue weighted by molar-refractivity contribution is -0.139. The Morgan fingerprint density at radius 3 is 2.65 bits per heavy atom. The third kappa shape index (κ3) is 4.24. The lowest BCUT2D eigenvalue weighted by atomic mass is 9.83. The van der Waals surface area contributed by atoms with E-state index in [0.29, 0.717) is 6.61 Å². The average molecular weight is 375 g/mol. The van der Waals surface area contributed by atoms with Gasteiger partial charge in [-0.15, -0.1) is 11.6 Å². The molecule has 1 unspecified atom stereocenters. The molecule has 0 bridgehead atoms. The van der Waals surface area contributed by atoms with Gasteiger partial charge in [-0.3, -0.25) is 0 Å². The molecule has 0 aliphatic carbocycles. The molecule has 0 saturated heterocycles. The number of ether oxygens (including phenoxy) is 3. The fraction of sp³-hybridized carbons (Fsp3) is 0.316. The predicted octanol–water partition coefficient (Wildman–Crippen LogP) is 3.66. The van der Waals surface area contributed by atoms with Gasteiger partial charge < -0.3 is 14.2 Å². The summed E-state index contributed by atoms with van der Waals surface area (Å²) < 4.78 is 15.9. The van der Waals surface area contributed by atoms with Crippen LogP contribution in [0.4, 0.5) is 0 Å². The van der Waals surface area contributed by atoms with Crippen LogP contribution < -0.4 is 0 Å². The Morgan fingerprint density at radius 1 is 1.35 bits per heavy atom. The molecule has 26 heavy (non-hydrogen) atoms. The second-order valence-electron chi connectivity index (χ2n) is 5.16. The number of hydrogen-bond acceptors (Lipinski definition) is 6. The van der Waals surface area contributed by atoms with E-state index in [2.05, 4.69) is 11.1 Å². The molecule has 0 N–H and O–H groups in total. The number of hydrogen-bond donors (Lipinski definition) is 0. The Morgan fingerprint density at radius 2 is 2.08 bits per heavy atom. The van der Waals surface area contributed by atoms with Crippen molar-refractivity contribution in [2.24, 2.45) is 4.99 Å². The SMILES string of the molecule is CCO/C=N/C1=C(C#N)C(c2ccccc2)C(C(=O)OCC)=C(CCl)O1. The Kier molecular flexibility index (Phi) is 7.24. The van der Waals surface area contributed by atoms with Crippen LogP contribution in [0.5, 0.6) is 0 Å². The van der Waals surface area contributed by atoms with E-state index in [1.807, 2.05) is 37.3 Å². The average Bonchev–Trinajstić information content (AvgIpc) is 2.67. The predicted molar refractivity (Wildman–Crippen MR) is 97.4 cm³/mol. The second-order valence-corrected chi connectivity index (χ2v) is 5.42. The van der Waals surface area contributed by atoms with E-state index in [4.69, 9.17) is 25.8 Å². The molecule has 136 valence electrons. The van der Waals surface area contributed by atoms with Crippen LogP contribution >= 0.6 is 11.6 Å². The highest BCUT2D eigenvalue weighted by Crippen LogP contribution is 2.41. The molecule has 1 heterocycles. The number of carbonyl (C=O) groups excluding carboxylic acids is 1. The minimum atomic E-state index is -0.684. The normalized spacial score (nSPS) is 17.1. The van der Waals surface area contributed by atoms with Crippen molar-refractivity contribution in [2.75, 3.05) is 19.1 Å². The van der Waals surface area contributed by atoms with E-state index in [0.717, 1.165) is 5.56 Å². The van der Waals surface area contributed by atoms with Gasteiger partial charge in [0.2, 0.25) is 5.88 Å². The van der Waals surface area contributed by atoms with Crippen molar-refractivity contribution in [3.63, 3.8) is 0 Å². The van der Waals surface area contributed by atoms with Crippen molar-refractivity contribution in [2.45, 2.75) is 19.8 Å². The Balaban J connectivity index is 2.63. The van der Waals surface area contributed by atoms with Crippen LogP contribution in [-0.4, -0.2) is 31.5 Å². The standard InChI is InChI=1S/C19H19ClN2O4/c1-3-24-12-22-18-14(11-21)16(13-8-6-5-7-9-13)17(15(10-20)26-18)19(23)25-4-2/h5-9,12,16H,3-4,10H2,1-2H3/b22-12+. The molecule has 0 saturated carbocycles. The van der Waals surface area contributed by atoms with Crippen LogP contribution in [0.1, 0.15) is 25.3 Å². The third-order valence-corrected chi connectivity index (χ3v) is 3.85. The van der Waals surface area contributed by atoms with Crippen molar-refractivity contribution in [1.29, 1.82) is 5.26 Å². The molecule has 1 aromatic carbocycles. The summed E-state index contributed by atoms with van der Waals surface area (Å²) in [5.74, 6) is -1.06. The summed E-state index contributed by atoms with van der Waals surface area (Å²) in [7, 11) is 0. The molecule has 0 amide bonds.